The van der Waals surface area contributed by atoms with E-state index in [-0.39, 0.29) is 25.9 Å². The molecule has 1 fully saturated rings. The van der Waals surface area contributed by atoms with E-state index in [0.717, 1.165) is 36.1 Å². The zero-order valence-electron chi connectivity index (χ0n) is 18.2. The first kappa shape index (κ1) is 22.3. The molecule has 1 aromatic carbocycles. The van der Waals surface area contributed by atoms with Crippen LogP contribution in [0.15, 0.2) is 30.3 Å². The van der Waals surface area contributed by atoms with Crippen LogP contribution >= 0.6 is 0 Å². The van der Waals surface area contributed by atoms with E-state index in [9.17, 15) is 9.90 Å². The van der Waals surface area contributed by atoms with E-state index in [1.54, 1.807) is 4.90 Å². The molecule has 1 saturated heterocycles. The van der Waals surface area contributed by atoms with Gasteiger partial charge in [0.25, 0.3) is 0 Å². The van der Waals surface area contributed by atoms with E-state index in [4.69, 9.17) is 19.6 Å². The van der Waals surface area contributed by atoms with Crippen molar-refractivity contribution in [3.05, 3.63) is 47.2 Å². The average Bonchev–Trinajstić information content (AvgIpc) is 3.32. The molecule has 2 N–H and O–H groups in total. The first-order valence-corrected chi connectivity index (χ1v) is 11.2. The Morgan fingerprint density at radius 1 is 1.09 bits per heavy atom. The van der Waals surface area contributed by atoms with Crippen molar-refractivity contribution >= 4 is 12.0 Å². The molecule has 2 heterocycles. The van der Waals surface area contributed by atoms with Gasteiger partial charge in [-0.1, -0.05) is 30.3 Å². The number of anilines is 1. The van der Waals surface area contributed by atoms with Gasteiger partial charge in [0.1, 0.15) is 6.61 Å². The maximum atomic E-state index is 12.4. The van der Waals surface area contributed by atoms with Crippen LogP contribution < -0.4 is 9.64 Å². The highest BCUT2D eigenvalue weighted by molar-refractivity contribution is 5.68. The summed E-state index contributed by atoms with van der Waals surface area (Å²) in [6.45, 7) is 2.56. The molecule has 1 atom stereocenters. The predicted octanol–water partition coefficient (Wildman–Crippen LogP) is 1.55. The molecule has 4 rings (SSSR count). The molecule has 0 saturated carbocycles. The number of aryl methyl sites for hydroxylation is 1. The second-order valence-corrected chi connectivity index (χ2v) is 8.10. The van der Waals surface area contributed by atoms with Crippen LogP contribution in [0, 0.1) is 0 Å². The quantitative estimate of drug-likeness (QED) is 0.634. The maximum Gasteiger partial charge on any atom is 0.410 e. The third-order valence-electron chi connectivity index (χ3n) is 5.81. The molecule has 9 nitrogen and oxygen atoms in total. The Morgan fingerprint density at radius 2 is 1.88 bits per heavy atom. The third kappa shape index (κ3) is 5.46. The van der Waals surface area contributed by atoms with Gasteiger partial charge in [-0.05, 0) is 24.8 Å². The zero-order valence-corrected chi connectivity index (χ0v) is 18.2. The molecular weight excluding hydrogens is 412 g/mol. The minimum Gasteiger partial charge on any atom is -0.477 e. The summed E-state index contributed by atoms with van der Waals surface area (Å²) in [7, 11) is 0. The Balaban J connectivity index is 1.33. The van der Waals surface area contributed by atoms with Crippen molar-refractivity contribution in [2.24, 2.45) is 0 Å². The number of amides is 1. The molecular formula is C23H30N4O5. The van der Waals surface area contributed by atoms with Gasteiger partial charge < -0.3 is 29.5 Å². The van der Waals surface area contributed by atoms with E-state index in [1.165, 1.54) is 0 Å². The summed E-state index contributed by atoms with van der Waals surface area (Å²) < 4.78 is 11.3. The highest BCUT2D eigenvalue weighted by atomic mass is 16.6. The lowest BCUT2D eigenvalue weighted by atomic mass is 10.2. The predicted molar refractivity (Wildman–Crippen MR) is 118 cm³/mol. The van der Waals surface area contributed by atoms with E-state index in [1.807, 2.05) is 30.3 Å². The van der Waals surface area contributed by atoms with Gasteiger partial charge in [-0.25, -0.2) is 9.78 Å². The molecule has 172 valence electrons. The molecule has 1 aliphatic heterocycles. The Morgan fingerprint density at radius 3 is 2.62 bits per heavy atom. The molecule has 0 radical (unpaired) electrons. The van der Waals surface area contributed by atoms with E-state index in [2.05, 4.69) is 9.88 Å². The van der Waals surface area contributed by atoms with Crippen molar-refractivity contribution in [2.75, 3.05) is 44.3 Å². The molecule has 1 aliphatic carbocycles. The van der Waals surface area contributed by atoms with Crippen LogP contribution in [0.4, 0.5) is 10.7 Å². The van der Waals surface area contributed by atoms with Crippen LogP contribution in [-0.2, 0) is 24.2 Å². The summed E-state index contributed by atoms with van der Waals surface area (Å²) in [6, 6.07) is 9.64. The SMILES string of the molecule is O=C(OCc1ccccc1)N1CCN(c2nc3c(c(OCC[C@@H](O)CO)n2)CCC3)CC1. The number of fused-ring (bicyclic) bond motifs is 1. The minimum atomic E-state index is -0.793. The summed E-state index contributed by atoms with van der Waals surface area (Å²) in [4.78, 5) is 25.6. The van der Waals surface area contributed by atoms with Crippen LogP contribution in [0.3, 0.4) is 0 Å². The van der Waals surface area contributed by atoms with Crippen LogP contribution in [0.1, 0.15) is 29.7 Å². The van der Waals surface area contributed by atoms with Crippen LogP contribution in [0.5, 0.6) is 5.88 Å². The Bertz CT molecular complexity index is 903. The van der Waals surface area contributed by atoms with Crippen molar-refractivity contribution in [3.63, 3.8) is 0 Å². The topological polar surface area (TPSA) is 108 Å². The third-order valence-corrected chi connectivity index (χ3v) is 5.81. The highest BCUT2D eigenvalue weighted by Crippen LogP contribution is 2.30. The Kier molecular flexibility index (Phi) is 7.39. The standard InChI is InChI=1S/C23H30N4O5/c28-15-18(29)9-14-31-21-19-7-4-8-20(19)24-22(25-21)26-10-12-27(13-11-26)23(30)32-16-17-5-2-1-3-6-17/h1-3,5-6,18,28-29H,4,7-16H2/t18-/m1/s1. The second kappa shape index (κ2) is 10.6. The molecule has 2 aliphatic rings. The van der Waals surface area contributed by atoms with Gasteiger partial charge >= 0.3 is 6.09 Å². The number of aliphatic hydroxyl groups excluding tert-OH is 2. The molecule has 32 heavy (non-hydrogen) atoms. The van der Waals surface area contributed by atoms with Gasteiger partial charge in [0.05, 0.1) is 25.0 Å². The number of aromatic nitrogens is 2. The molecule has 0 unspecified atom stereocenters. The van der Waals surface area contributed by atoms with Gasteiger partial charge in [-0.3, -0.25) is 0 Å². The zero-order chi connectivity index (χ0) is 22.3. The number of nitrogens with zero attached hydrogens (tertiary/aromatic N) is 4. The number of benzene rings is 1. The van der Waals surface area contributed by atoms with Gasteiger partial charge in [-0.2, -0.15) is 4.98 Å². The van der Waals surface area contributed by atoms with Gasteiger partial charge in [-0.15, -0.1) is 0 Å². The molecule has 1 amide bonds. The fraction of sp³-hybridized carbons (Fsp3) is 0.522. The first-order chi connectivity index (χ1) is 15.6. The highest BCUT2D eigenvalue weighted by Gasteiger charge is 2.27. The van der Waals surface area contributed by atoms with Crippen LogP contribution in [0.25, 0.3) is 0 Å². The van der Waals surface area contributed by atoms with Crippen molar-refractivity contribution in [3.8, 4) is 5.88 Å². The normalized spacial score (nSPS) is 16.6. The lowest BCUT2D eigenvalue weighted by molar-refractivity contribution is 0.0746. The molecule has 0 spiro atoms. The smallest absolute Gasteiger partial charge is 0.410 e. The maximum absolute atomic E-state index is 12.4. The van der Waals surface area contributed by atoms with E-state index in [0.29, 0.717) is 44.4 Å². The number of ether oxygens (including phenoxy) is 2. The number of carbonyl (C=O) groups excluding carboxylic acids is 1. The number of aliphatic hydroxyl groups is 2. The fourth-order valence-electron chi connectivity index (χ4n) is 3.93. The summed E-state index contributed by atoms with van der Waals surface area (Å²) >= 11 is 0. The number of hydrogen-bond donors (Lipinski definition) is 2. The van der Waals surface area contributed by atoms with Crippen LogP contribution in [0.2, 0.25) is 0 Å². The van der Waals surface area contributed by atoms with Crippen LogP contribution in [-0.4, -0.2) is 76.7 Å². The van der Waals surface area contributed by atoms with E-state index < -0.39 is 6.10 Å². The monoisotopic (exact) mass is 442 g/mol. The molecule has 2 aromatic rings. The number of hydrogen-bond acceptors (Lipinski definition) is 8. The van der Waals surface area contributed by atoms with Gasteiger partial charge in [0.15, 0.2) is 0 Å². The second-order valence-electron chi connectivity index (χ2n) is 8.10. The number of carbonyl (C=O) groups is 1. The summed E-state index contributed by atoms with van der Waals surface area (Å²) in [6.07, 6.45) is 2.04. The van der Waals surface area contributed by atoms with Crippen molar-refractivity contribution in [1.29, 1.82) is 0 Å². The van der Waals surface area contributed by atoms with Gasteiger partial charge in [0, 0.05) is 38.2 Å². The minimum absolute atomic E-state index is 0.263. The Hall–Kier alpha value is -2.91. The number of rotatable bonds is 8. The fourth-order valence-corrected chi connectivity index (χ4v) is 3.93. The van der Waals surface area contributed by atoms with Crippen molar-refractivity contribution in [2.45, 2.75) is 38.4 Å². The molecule has 0 bridgehead atoms. The van der Waals surface area contributed by atoms with Crippen molar-refractivity contribution in [1.82, 2.24) is 14.9 Å². The largest absolute Gasteiger partial charge is 0.477 e. The van der Waals surface area contributed by atoms with Crippen molar-refractivity contribution < 1.29 is 24.5 Å². The average molecular weight is 443 g/mol. The summed E-state index contributed by atoms with van der Waals surface area (Å²) in [5.74, 6) is 1.18. The molecule has 1 aromatic heterocycles. The lowest BCUT2D eigenvalue weighted by Gasteiger charge is -2.34. The molecule has 9 heteroatoms. The summed E-state index contributed by atoms with van der Waals surface area (Å²) in [5.41, 5.74) is 3.01. The summed E-state index contributed by atoms with van der Waals surface area (Å²) in [5, 5.41) is 18.5. The van der Waals surface area contributed by atoms with Gasteiger partial charge in [0.2, 0.25) is 11.8 Å². The number of piperazine rings is 1. The first-order valence-electron chi connectivity index (χ1n) is 11.2. The van der Waals surface area contributed by atoms with E-state index >= 15 is 0 Å². The Labute approximate surface area is 187 Å². The lowest BCUT2D eigenvalue weighted by Crippen LogP contribution is -2.49.